The monoisotopic (exact) mass is 848 g/mol. The number of carbonyl (C=O) groups excluding carboxylic acids is 1. The largest absolute Gasteiger partial charge is 1.00 e. The molecule has 0 radical (unpaired) electrons. The zero-order valence-corrected chi connectivity index (χ0v) is 38.2. The molecule has 3 rings (SSSR count). The van der Waals surface area contributed by atoms with Gasteiger partial charge < -0.3 is 24.2 Å². The van der Waals surface area contributed by atoms with Gasteiger partial charge in [-0.25, -0.2) is 0 Å². The molecule has 0 aliphatic carbocycles. The van der Waals surface area contributed by atoms with Crippen LogP contribution in [0.15, 0.2) is 48.5 Å². The van der Waals surface area contributed by atoms with Gasteiger partial charge in [-0.1, -0.05) is 87.8 Å². The van der Waals surface area contributed by atoms with Gasteiger partial charge in [0, 0.05) is 11.8 Å². The maximum Gasteiger partial charge on any atom is 1.00 e. The van der Waals surface area contributed by atoms with E-state index in [0.717, 1.165) is 11.0 Å². The Bertz CT molecular complexity index is 1440. The first-order valence-corrected chi connectivity index (χ1v) is 26.2. The van der Waals surface area contributed by atoms with Gasteiger partial charge >= 0.3 is 63.9 Å². The molecule has 270 valence electrons. The Morgan fingerprint density at radius 2 is 1.16 bits per heavy atom. The van der Waals surface area contributed by atoms with Crippen molar-refractivity contribution >= 4 is 47.6 Å². The molecule has 2 atom stereocenters. The third-order valence-corrected chi connectivity index (χ3v) is 9.39. The molecule has 1 saturated heterocycles. The molecule has 2 aromatic carbocycles. The van der Waals surface area contributed by atoms with Crippen molar-refractivity contribution in [2.24, 2.45) is 0 Å². The minimum atomic E-state index is -5.67. The average molecular weight is 848 g/mol. The van der Waals surface area contributed by atoms with Crippen LogP contribution in [0.3, 0.4) is 0 Å². The molecule has 1 aliphatic heterocycles. The van der Waals surface area contributed by atoms with Gasteiger partial charge in [-0.2, -0.15) is 6.92 Å². The third-order valence-electron chi connectivity index (χ3n) is 7.12. The summed E-state index contributed by atoms with van der Waals surface area (Å²) >= 11 is -5.67. The molecule has 2 aromatic rings. The van der Waals surface area contributed by atoms with Crippen LogP contribution in [0.25, 0.3) is 0 Å². The summed E-state index contributed by atoms with van der Waals surface area (Å²) in [5, 5.41) is 25.6. The Balaban J connectivity index is 0. The van der Waals surface area contributed by atoms with Crippen LogP contribution in [-0.4, -0.2) is 63.2 Å². The van der Waals surface area contributed by atoms with E-state index in [1.165, 1.54) is 18.8 Å². The predicted octanol–water partition coefficient (Wildman–Crippen LogP) is -4.18. The van der Waals surface area contributed by atoms with E-state index in [1.54, 1.807) is 12.1 Å². The SMILES string of the molecule is CC(C#C[Si](C)(C)C)c1ccccc1B(O)O.CC(C#C[Si](C)(C)C)c1ccccc1B1OC(C)(C)C(C)(C)O1.C[C-]=O.[Na+].[O-][I+3]([O-])([O-])OO. The van der Waals surface area contributed by atoms with Crippen LogP contribution < -0.4 is 70.9 Å². The van der Waals surface area contributed by atoms with Crippen molar-refractivity contribution in [1.29, 1.82) is 0 Å². The normalized spacial score (nSPS) is 15.5. The van der Waals surface area contributed by atoms with Crippen LogP contribution in [0, 0.1) is 22.9 Å². The molecule has 0 saturated carbocycles. The zero-order valence-electron chi connectivity index (χ0n) is 32.0. The van der Waals surface area contributed by atoms with Crippen molar-refractivity contribution in [2.45, 2.75) is 111 Å². The minimum absolute atomic E-state index is 0. The van der Waals surface area contributed by atoms with Crippen LogP contribution in [0.5, 0.6) is 0 Å². The molecule has 2 unspecified atom stereocenters. The molecule has 0 bridgehead atoms. The van der Waals surface area contributed by atoms with Gasteiger partial charge in [0.05, 0.1) is 11.2 Å². The summed E-state index contributed by atoms with van der Waals surface area (Å²) in [6.07, 6.45) is 1.50. The Morgan fingerprint density at radius 1 is 0.820 bits per heavy atom. The van der Waals surface area contributed by atoms with Crippen molar-refractivity contribution in [3.05, 3.63) is 59.7 Å². The second-order valence-corrected chi connectivity index (χ2v) is 26.4. The van der Waals surface area contributed by atoms with Crippen molar-refractivity contribution in [2.75, 3.05) is 0 Å². The van der Waals surface area contributed by atoms with Crippen LogP contribution in [-0.2, 0) is 17.3 Å². The Morgan fingerprint density at radius 3 is 1.52 bits per heavy atom. The minimum Gasteiger partial charge on any atom is -0.542 e. The van der Waals surface area contributed by atoms with Gasteiger partial charge in [0.1, 0.15) is 16.1 Å². The molecular formula is C34H52B2INaO10Si2. The van der Waals surface area contributed by atoms with Gasteiger partial charge in [-0.3, -0.25) is 16.6 Å². The Kier molecular flexibility index (Phi) is 23.0. The predicted molar refractivity (Wildman–Crippen MR) is 193 cm³/mol. The molecule has 1 heterocycles. The van der Waals surface area contributed by atoms with Crippen molar-refractivity contribution in [3.8, 4) is 22.9 Å². The summed E-state index contributed by atoms with van der Waals surface area (Å²) in [6.45, 7) is 27.2. The van der Waals surface area contributed by atoms with E-state index >= 15 is 0 Å². The first kappa shape index (κ1) is 51.3. The van der Waals surface area contributed by atoms with Gasteiger partial charge in [0.15, 0.2) is 0 Å². The van der Waals surface area contributed by atoms with E-state index in [1.807, 2.05) is 25.1 Å². The molecular weight excluding hydrogens is 796 g/mol. The second-order valence-electron chi connectivity index (χ2n) is 14.4. The first-order chi connectivity index (χ1) is 22.2. The van der Waals surface area contributed by atoms with Gasteiger partial charge in [0.2, 0.25) is 3.22 Å². The first-order valence-electron chi connectivity index (χ1n) is 15.7. The fraction of sp³-hybridized carbons (Fsp3) is 0.500. The molecule has 16 heteroatoms. The standard InChI is InChI=1S/C19H29BO2Si.C13H19BO2Si.C2H3O.HIO5.Na/c1-15(13-14-23(6,7)8)16-11-9-10-12-17(16)20-21-18(2,3)19(4,5)22-20;1-11(9-10-17(2,3)4)12-7-5-6-8-13(12)14(15)16;1-2-3;2-1(3,4)6-5;/h9-12,15H,1-8H3;5-8,11,15-16H,1-4H3;1H3;5H;/q;;-1;;+1. The Hall–Kier alpha value is -0.836. The van der Waals surface area contributed by atoms with Gasteiger partial charge in [-0.05, 0) is 63.6 Å². The van der Waals surface area contributed by atoms with E-state index in [4.69, 9.17) is 29.7 Å². The molecule has 10 nitrogen and oxygen atoms in total. The fourth-order valence-electron chi connectivity index (χ4n) is 4.04. The number of benzene rings is 2. The molecule has 0 amide bonds. The number of hydrogen-bond acceptors (Lipinski definition) is 10. The van der Waals surface area contributed by atoms with Crippen LogP contribution >= 0.6 is 0 Å². The topological polar surface area (TPSA) is 175 Å². The Labute approximate surface area is 331 Å². The number of halogens is 1. The average Bonchev–Trinajstić information content (AvgIpc) is 3.20. The summed E-state index contributed by atoms with van der Waals surface area (Å²) in [5.41, 5.74) is 9.90. The smallest absolute Gasteiger partial charge is 0.542 e. The summed E-state index contributed by atoms with van der Waals surface area (Å²) in [6, 6.07) is 15.7. The number of hydrogen-bond donors (Lipinski definition) is 3. The van der Waals surface area contributed by atoms with Gasteiger partial charge in [0.25, 0.3) is 0 Å². The van der Waals surface area contributed by atoms with E-state index in [2.05, 4.69) is 118 Å². The number of rotatable bonds is 5. The van der Waals surface area contributed by atoms with Gasteiger partial charge in [-0.15, -0.1) is 28.2 Å². The molecule has 50 heavy (non-hydrogen) atoms. The summed E-state index contributed by atoms with van der Waals surface area (Å²) in [4.78, 5) is 8.68. The molecule has 3 N–H and O–H groups in total. The summed E-state index contributed by atoms with van der Waals surface area (Å²) in [7, 11) is -4.51. The quantitative estimate of drug-likeness (QED) is 0.0670. The maximum absolute atomic E-state index is 9.30. The molecule has 0 aromatic heterocycles. The third kappa shape index (κ3) is 19.8. The van der Waals surface area contributed by atoms with E-state index in [9.17, 15) is 10.0 Å². The summed E-state index contributed by atoms with van der Waals surface area (Å²) in [5.74, 6) is 6.87. The van der Waals surface area contributed by atoms with Crippen LogP contribution in [0.4, 0.5) is 0 Å². The molecule has 0 spiro atoms. The van der Waals surface area contributed by atoms with E-state index < -0.39 is 43.4 Å². The van der Waals surface area contributed by atoms with E-state index in [0.29, 0.717) is 5.46 Å². The molecule has 1 fully saturated rings. The van der Waals surface area contributed by atoms with Crippen molar-refractivity contribution in [1.82, 2.24) is 0 Å². The van der Waals surface area contributed by atoms with Crippen LogP contribution in [0.2, 0.25) is 39.3 Å². The fourth-order valence-corrected chi connectivity index (χ4v) is 5.33. The van der Waals surface area contributed by atoms with Crippen LogP contribution in [0.1, 0.15) is 71.4 Å². The zero-order chi connectivity index (χ0) is 38.4. The van der Waals surface area contributed by atoms with Crippen molar-refractivity contribution in [3.63, 3.8) is 0 Å². The summed E-state index contributed by atoms with van der Waals surface area (Å²) < 4.78 is 42.1. The maximum atomic E-state index is 9.30. The van der Waals surface area contributed by atoms with Crippen molar-refractivity contribution < 1.29 is 92.6 Å². The second kappa shape index (κ2) is 22.4. The van der Waals surface area contributed by atoms with E-state index in [-0.39, 0.29) is 59.7 Å². The molecule has 1 aliphatic rings.